The van der Waals surface area contributed by atoms with Crippen LogP contribution in [0, 0.1) is 12.8 Å². The van der Waals surface area contributed by atoms with Crippen LogP contribution in [-0.2, 0) is 9.59 Å². The molecule has 1 saturated heterocycles. The van der Waals surface area contributed by atoms with Crippen molar-refractivity contribution in [2.75, 3.05) is 45.9 Å². The van der Waals surface area contributed by atoms with Gasteiger partial charge in [0.2, 0.25) is 11.8 Å². The minimum absolute atomic E-state index is 0.0692. The number of amides is 2. The number of hydrogen-bond acceptors (Lipinski definition) is 5. The number of ether oxygens (including phenoxy) is 3. The van der Waals surface area contributed by atoms with Crippen LogP contribution in [0.2, 0.25) is 0 Å². The molecule has 2 aromatic carbocycles. The summed E-state index contributed by atoms with van der Waals surface area (Å²) in [5.41, 5.74) is 1.78. The van der Waals surface area contributed by atoms with Crippen molar-refractivity contribution in [1.82, 2.24) is 4.90 Å². The molecule has 1 fully saturated rings. The van der Waals surface area contributed by atoms with E-state index in [0.29, 0.717) is 36.9 Å². The van der Waals surface area contributed by atoms with Crippen molar-refractivity contribution < 1.29 is 23.8 Å². The molecule has 0 aliphatic carbocycles. The molecule has 1 aliphatic rings. The molecule has 1 heterocycles. The van der Waals surface area contributed by atoms with Crippen LogP contribution in [0.4, 0.5) is 5.69 Å². The van der Waals surface area contributed by atoms with Crippen LogP contribution < -0.4 is 19.1 Å². The highest BCUT2D eigenvalue weighted by molar-refractivity contribution is 6.01. The lowest BCUT2D eigenvalue weighted by molar-refractivity contribution is -0.134. The minimum Gasteiger partial charge on any atom is -0.497 e. The highest BCUT2D eigenvalue weighted by Crippen LogP contribution is 2.36. The molecular weight excluding hydrogens is 384 g/mol. The lowest BCUT2D eigenvalue weighted by atomic mass is 10.1. The molecule has 7 nitrogen and oxygen atoms in total. The molecule has 0 spiro atoms. The Morgan fingerprint density at radius 1 is 1.10 bits per heavy atom. The fourth-order valence-corrected chi connectivity index (χ4v) is 3.47. The van der Waals surface area contributed by atoms with Crippen molar-refractivity contribution in [3.63, 3.8) is 0 Å². The van der Waals surface area contributed by atoms with E-state index in [1.54, 1.807) is 49.3 Å². The van der Waals surface area contributed by atoms with E-state index in [2.05, 4.69) is 0 Å². The summed E-state index contributed by atoms with van der Waals surface area (Å²) >= 11 is 0. The summed E-state index contributed by atoms with van der Waals surface area (Å²) in [4.78, 5) is 28.7. The van der Waals surface area contributed by atoms with Crippen molar-refractivity contribution in [3.8, 4) is 17.2 Å². The maximum Gasteiger partial charge on any atom is 0.227 e. The smallest absolute Gasteiger partial charge is 0.227 e. The van der Waals surface area contributed by atoms with Crippen LogP contribution in [0.25, 0.3) is 0 Å². The van der Waals surface area contributed by atoms with Crippen molar-refractivity contribution in [1.29, 1.82) is 0 Å². The molecular formula is C23H28N2O5. The van der Waals surface area contributed by atoms with Gasteiger partial charge in [-0.25, -0.2) is 0 Å². The number of methoxy groups -OCH3 is 2. The maximum absolute atomic E-state index is 12.9. The maximum atomic E-state index is 12.9. The number of anilines is 1. The largest absolute Gasteiger partial charge is 0.497 e. The third-order valence-electron chi connectivity index (χ3n) is 5.24. The predicted octanol–water partition coefficient (Wildman–Crippen LogP) is 2.90. The SMILES string of the molecule is COc1ccc(OC)c(N2CC(C(=O)N(C)CCOc3ccc(C)cc3)CC2=O)c1. The number of aryl methyl sites for hydroxylation is 1. The van der Waals surface area contributed by atoms with E-state index in [9.17, 15) is 9.59 Å². The molecule has 0 bridgehead atoms. The van der Waals surface area contributed by atoms with E-state index in [0.717, 1.165) is 11.3 Å². The quantitative estimate of drug-likeness (QED) is 0.667. The van der Waals surface area contributed by atoms with Crippen LogP contribution in [0.15, 0.2) is 42.5 Å². The monoisotopic (exact) mass is 412 g/mol. The van der Waals surface area contributed by atoms with Crippen LogP contribution >= 0.6 is 0 Å². The molecule has 3 rings (SSSR count). The average Bonchev–Trinajstić information content (AvgIpc) is 3.15. The van der Waals surface area contributed by atoms with Gasteiger partial charge < -0.3 is 24.0 Å². The van der Waals surface area contributed by atoms with Crippen LogP contribution in [0.1, 0.15) is 12.0 Å². The molecule has 2 amide bonds. The van der Waals surface area contributed by atoms with Gasteiger partial charge in [0.25, 0.3) is 0 Å². The van der Waals surface area contributed by atoms with Gasteiger partial charge in [0.1, 0.15) is 23.9 Å². The number of rotatable bonds is 8. The zero-order valence-corrected chi connectivity index (χ0v) is 17.9. The first kappa shape index (κ1) is 21.5. The zero-order chi connectivity index (χ0) is 21.7. The van der Waals surface area contributed by atoms with Gasteiger partial charge in [-0.2, -0.15) is 0 Å². The zero-order valence-electron chi connectivity index (χ0n) is 17.9. The van der Waals surface area contributed by atoms with Gasteiger partial charge in [0, 0.05) is 26.1 Å². The van der Waals surface area contributed by atoms with Gasteiger partial charge in [-0.1, -0.05) is 17.7 Å². The predicted molar refractivity (Wildman–Crippen MR) is 114 cm³/mol. The summed E-state index contributed by atoms with van der Waals surface area (Å²) in [6.45, 7) is 3.16. The molecule has 1 aliphatic heterocycles. The van der Waals surface area contributed by atoms with E-state index in [1.165, 1.54) is 0 Å². The first-order valence-electron chi connectivity index (χ1n) is 9.89. The highest BCUT2D eigenvalue weighted by Gasteiger charge is 2.37. The Bertz CT molecular complexity index is 897. The Labute approximate surface area is 177 Å². The lowest BCUT2D eigenvalue weighted by Crippen LogP contribution is -2.37. The fraction of sp³-hybridized carbons (Fsp3) is 0.391. The second-order valence-electron chi connectivity index (χ2n) is 7.36. The second kappa shape index (κ2) is 9.52. The standard InChI is InChI=1S/C23H28N2O5/c1-16-5-7-18(8-6-16)30-12-11-24(2)23(27)17-13-22(26)25(15-17)20-14-19(28-3)9-10-21(20)29-4/h5-10,14,17H,11-13,15H2,1-4H3. The third-order valence-corrected chi connectivity index (χ3v) is 5.24. The minimum atomic E-state index is -0.405. The number of likely N-dealkylation sites (N-methyl/N-ethyl adjacent to an activating group) is 1. The van der Waals surface area contributed by atoms with Gasteiger partial charge in [-0.15, -0.1) is 0 Å². The molecule has 2 aromatic rings. The first-order chi connectivity index (χ1) is 14.4. The van der Waals surface area contributed by atoms with E-state index in [4.69, 9.17) is 14.2 Å². The van der Waals surface area contributed by atoms with Crippen molar-refractivity contribution in [2.24, 2.45) is 5.92 Å². The van der Waals surface area contributed by atoms with Crippen LogP contribution in [0.3, 0.4) is 0 Å². The van der Waals surface area contributed by atoms with Crippen LogP contribution in [-0.4, -0.2) is 57.7 Å². The van der Waals surface area contributed by atoms with Crippen LogP contribution in [0.5, 0.6) is 17.2 Å². The van der Waals surface area contributed by atoms with E-state index < -0.39 is 5.92 Å². The second-order valence-corrected chi connectivity index (χ2v) is 7.36. The van der Waals surface area contributed by atoms with Gasteiger partial charge in [0.05, 0.1) is 32.4 Å². The Morgan fingerprint density at radius 2 is 1.80 bits per heavy atom. The Hall–Kier alpha value is -3.22. The normalized spacial score (nSPS) is 15.8. The molecule has 1 atom stereocenters. The van der Waals surface area contributed by atoms with E-state index in [-0.39, 0.29) is 18.2 Å². The third kappa shape index (κ3) is 4.84. The van der Waals surface area contributed by atoms with Gasteiger partial charge >= 0.3 is 0 Å². The molecule has 7 heteroatoms. The molecule has 0 aromatic heterocycles. The molecule has 0 saturated carbocycles. The summed E-state index contributed by atoms with van der Waals surface area (Å²) in [5, 5.41) is 0. The number of carbonyl (C=O) groups excluding carboxylic acids is 2. The van der Waals surface area contributed by atoms with Gasteiger partial charge in [-0.3, -0.25) is 9.59 Å². The Balaban J connectivity index is 1.59. The fourth-order valence-electron chi connectivity index (χ4n) is 3.47. The Morgan fingerprint density at radius 3 is 2.47 bits per heavy atom. The number of carbonyl (C=O) groups is 2. The number of nitrogens with zero attached hydrogens (tertiary/aromatic N) is 2. The summed E-state index contributed by atoms with van der Waals surface area (Å²) in [7, 11) is 4.85. The highest BCUT2D eigenvalue weighted by atomic mass is 16.5. The first-order valence-corrected chi connectivity index (χ1v) is 9.89. The molecule has 1 unspecified atom stereocenters. The van der Waals surface area contributed by atoms with Crippen molar-refractivity contribution in [2.45, 2.75) is 13.3 Å². The Kier molecular flexibility index (Phi) is 6.82. The molecule has 0 N–H and O–H groups in total. The summed E-state index contributed by atoms with van der Waals surface area (Å²) in [6, 6.07) is 13.1. The summed E-state index contributed by atoms with van der Waals surface area (Å²) < 4.78 is 16.4. The molecule has 160 valence electrons. The van der Waals surface area contributed by atoms with Crippen molar-refractivity contribution >= 4 is 17.5 Å². The van der Waals surface area contributed by atoms with E-state index >= 15 is 0 Å². The van der Waals surface area contributed by atoms with Gasteiger partial charge in [0.15, 0.2) is 0 Å². The molecule has 0 radical (unpaired) electrons. The average molecular weight is 412 g/mol. The van der Waals surface area contributed by atoms with Gasteiger partial charge in [-0.05, 0) is 31.2 Å². The lowest BCUT2D eigenvalue weighted by Gasteiger charge is -2.22. The summed E-state index contributed by atoms with van der Waals surface area (Å²) in [6.07, 6.45) is 0.169. The van der Waals surface area contributed by atoms with E-state index in [1.807, 2.05) is 31.2 Å². The summed E-state index contributed by atoms with van der Waals surface area (Å²) in [5.74, 6) is 1.38. The molecule has 30 heavy (non-hydrogen) atoms. The number of hydrogen-bond donors (Lipinski definition) is 0. The number of benzene rings is 2. The van der Waals surface area contributed by atoms with Crippen molar-refractivity contribution in [3.05, 3.63) is 48.0 Å². The topological polar surface area (TPSA) is 68.3 Å².